The van der Waals surface area contributed by atoms with Gasteiger partial charge in [-0.1, -0.05) is 0 Å². The highest BCUT2D eigenvalue weighted by Crippen LogP contribution is 2.21. The van der Waals surface area contributed by atoms with Crippen molar-refractivity contribution in [2.75, 3.05) is 19.8 Å². The topological polar surface area (TPSA) is 84.9 Å². The van der Waals surface area contributed by atoms with Gasteiger partial charge in [0.15, 0.2) is 6.61 Å². The summed E-state index contributed by atoms with van der Waals surface area (Å²) in [4.78, 5) is 22.6. The van der Waals surface area contributed by atoms with E-state index < -0.39 is 12.6 Å². The van der Waals surface area contributed by atoms with Gasteiger partial charge in [-0.25, -0.2) is 4.79 Å². The van der Waals surface area contributed by atoms with Gasteiger partial charge in [-0.05, 0) is 44.0 Å². The molecule has 1 aliphatic heterocycles. The Hall–Kier alpha value is -2.08. The van der Waals surface area contributed by atoms with Crippen LogP contribution in [0.25, 0.3) is 0 Å². The first kappa shape index (κ1) is 15.3. The summed E-state index contributed by atoms with van der Waals surface area (Å²) in [5.41, 5.74) is 0.277. The number of carbonyl (C=O) groups is 2. The fourth-order valence-corrected chi connectivity index (χ4v) is 2.14. The molecule has 1 amide bonds. The summed E-state index contributed by atoms with van der Waals surface area (Å²) in [5.74, 6) is -0.764. The molecule has 114 valence electrons. The van der Waals surface area contributed by atoms with E-state index in [0.717, 1.165) is 12.8 Å². The smallest absolute Gasteiger partial charge is 0.341 e. The van der Waals surface area contributed by atoms with Crippen molar-refractivity contribution in [3.05, 3.63) is 29.8 Å². The number of aliphatic carboxylic acids is 1. The van der Waals surface area contributed by atoms with Gasteiger partial charge in [0.05, 0.1) is 0 Å². The Balaban J connectivity index is 1.94. The van der Waals surface area contributed by atoms with Crippen molar-refractivity contribution in [3.63, 3.8) is 0 Å². The number of amides is 1. The second-order valence-electron chi connectivity index (χ2n) is 5.33. The number of carboxylic acids is 1. The van der Waals surface area contributed by atoms with Gasteiger partial charge in [0, 0.05) is 24.3 Å². The number of carboxylic acid groups (broad SMARTS) is 1. The largest absolute Gasteiger partial charge is 0.482 e. The maximum atomic E-state index is 12.2. The van der Waals surface area contributed by atoms with E-state index in [4.69, 9.17) is 14.6 Å². The van der Waals surface area contributed by atoms with E-state index in [1.54, 1.807) is 24.3 Å². The summed E-state index contributed by atoms with van der Waals surface area (Å²) in [6.45, 7) is 2.92. The van der Waals surface area contributed by atoms with Crippen LogP contribution in [0.4, 0.5) is 0 Å². The molecule has 0 unspecified atom stereocenters. The molecular formula is C15H19NO5. The van der Waals surface area contributed by atoms with Gasteiger partial charge >= 0.3 is 5.97 Å². The normalized spacial score (nSPS) is 17.0. The van der Waals surface area contributed by atoms with Crippen LogP contribution in [0.15, 0.2) is 24.3 Å². The Morgan fingerprint density at radius 1 is 1.29 bits per heavy atom. The lowest BCUT2D eigenvalue weighted by Gasteiger charge is -2.34. The molecule has 0 radical (unpaired) electrons. The molecule has 0 aliphatic carbocycles. The molecule has 0 saturated carbocycles. The molecule has 6 nitrogen and oxygen atoms in total. The summed E-state index contributed by atoms with van der Waals surface area (Å²) in [7, 11) is 0. The molecule has 2 rings (SSSR count). The van der Waals surface area contributed by atoms with Gasteiger partial charge in [0.2, 0.25) is 0 Å². The second kappa shape index (κ2) is 6.58. The Bertz CT molecular complexity index is 505. The van der Waals surface area contributed by atoms with E-state index in [2.05, 4.69) is 5.32 Å². The quantitative estimate of drug-likeness (QED) is 0.858. The van der Waals surface area contributed by atoms with Crippen molar-refractivity contribution in [3.8, 4) is 5.75 Å². The fourth-order valence-electron chi connectivity index (χ4n) is 2.14. The first-order valence-electron chi connectivity index (χ1n) is 6.83. The minimum Gasteiger partial charge on any atom is -0.482 e. The summed E-state index contributed by atoms with van der Waals surface area (Å²) in [6, 6.07) is 6.42. The minimum absolute atomic E-state index is 0.149. The zero-order valence-electron chi connectivity index (χ0n) is 11.9. The van der Waals surface area contributed by atoms with Gasteiger partial charge in [-0.15, -0.1) is 0 Å². The maximum Gasteiger partial charge on any atom is 0.341 e. The molecule has 1 aliphatic rings. The lowest BCUT2D eigenvalue weighted by molar-refractivity contribution is -0.139. The SMILES string of the molecule is CC1(NC(=O)c2ccc(OCC(=O)O)cc2)CCOCC1. The van der Waals surface area contributed by atoms with Gasteiger partial charge in [0.25, 0.3) is 5.91 Å². The average molecular weight is 293 g/mol. The zero-order valence-corrected chi connectivity index (χ0v) is 11.9. The molecule has 1 aromatic rings. The first-order chi connectivity index (χ1) is 9.98. The molecule has 6 heteroatoms. The highest BCUT2D eigenvalue weighted by atomic mass is 16.5. The Kier molecular flexibility index (Phi) is 4.80. The minimum atomic E-state index is -1.04. The van der Waals surface area contributed by atoms with Crippen molar-refractivity contribution in [2.24, 2.45) is 0 Å². The lowest BCUT2D eigenvalue weighted by atomic mass is 9.92. The number of nitrogens with one attached hydrogen (secondary N) is 1. The van der Waals surface area contributed by atoms with E-state index in [1.165, 1.54) is 0 Å². The van der Waals surface area contributed by atoms with E-state index in [-0.39, 0.29) is 11.4 Å². The third kappa shape index (κ3) is 4.46. The van der Waals surface area contributed by atoms with Crippen LogP contribution in [0.1, 0.15) is 30.1 Å². The van der Waals surface area contributed by atoms with Crippen LogP contribution in [-0.2, 0) is 9.53 Å². The van der Waals surface area contributed by atoms with Crippen molar-refractivity contribution in [1.29, 1.82) is 0 Å². The number of hydrogen-bond acceptors (Lipinski definition) is 4. The van der Waals surface area contributed by atoms with Crippen LogP contribution in [-0.4, -0.2) is 42.3 Å². The molecule has 1 heterocycles. The summed E-state index contributed by atoms with van der Waals surface area (Å²) < 4.78 is 10.3. The number of hydrogen-bond donors (Lipinski definition) is 2. The predicted molar refractivity (Wildman–Crippen MR) is 75.5 cm³/mol. The average Bonchev–Trinajstić information content (AvgIpc) is 2.46. The van der Waals surface area contributed by atoms with Crippen molar-refractivity contribution < 1.29 is 24.2 Å². The fraction of sp³-hybridized carbons (Fsp3) is 0.467. The zero-order chi connectivity index (χ0) is 15.3. The third-order valence-electron chi connectivity index (χ3n) is 3.49. The highest BCUT2D eigenvalue weighted by Gasteiger charge is 2.29. The second-order valence-corrected chi connectivity index (χ2v) is 5.33. The predicted octanol–water partition coefficient (Wildman–Crippen LogP) is 1.45. The van der Waals surface area contributed by atoms with Crippen LogP contribution in [0.3, 0.4) is 0 Å². The Morgan fingerprint density at radius 2 is 1.90 bits per heavy atom. The van der Waals surface area contributed by atoms with Gasteiger partial charge in [-0.3, -0.25) is 4.79 Å². The van der Waals surface area contributed by atoms with Crippen LogP contribution in [0.5, 0.6) is 5.75 Å². The Morgan fingerprint density at radius 3 is 2.48 bits per heavy atom. The van der Waals surface area contributed by atoms with Gasteiger partial charge < -0.3 is 19.9 Å². The summed E-state index contributed by atoms with van der Waals surface area (Å²) in [6.07, 6.45) is 1.58. The van der Waals surface area contributed by atoms with Crippen molar-refractivity contribution >= 4 is 11.9 Å². The summed E-state index contributed by atoms with van der Waals surface area (Å²) in [5, 5.41) is 11.6. The monoisotopic (exact) mass is 293 g/mol. The third-order valence-corrected chi connectivity index (χ3v) is 3.49. The number of ether oxygens (including phenoxy) is 2. The van der Waals surface area contributed by atoms with Crippen molar-refractivity contribution in [2.45, 2.75) is 25.3 Å². The molecular weight excluding hydrogens is 274 g/mol. The highest BCUT2D eigenvalue weighted by molar-refractivity contribution is 5.94. The van der Waals surface area contributed by atoms with E-state index >= 15 is 0 Å². The molecule has 1 saturated heterocycles. The lowest BCUT2D eigenvalue weighted by Crippen LogP contribution is -2.49. The number of benzene rings is 1. The number of carbonyl (C=O) groups excluding carboxylic acids is 1. The Labute approximate surface area is 123 Å². The molecule has 21 heavy (non-hydrogen) atoms. The molecule has 0 bridgehead atoms. The molecule has 0 aromatic heterocycles. The molecule has 1 aromatic carbocycles. The van der Waals surface area contributed by atoms with Crippen molar-refractivity contribution in [1.82, 2.24) is 5.32 Å². The van der Waals surface area contributed by atoms with E-state index in [0.29, 0.717) is 24.5 Å². The van der Waals surface area contributed by atoms with E-state index in [1.807, 2.05) is 6.92 Å². The van der Waals surface area contributed by atoms with Crippen LogP contribution >= 0.6 is 0 Å². The van der Waals surface area contributed by atoms with Crippen LogP contribution in [0, 0.1) is 0 Å². The molecule has 0 atom stereocenters. The molecule has 0 spiro atoms. The first-order valence-corrected chi connectivity index (χ1v) is 6.83. The van der Waals surface area contributed by atoms with Gasteiger partial charge in [-0.2, -0.15) is 0 Å². The number of rotatable bonds is 5. The summed E-state index contributed by atoms with van der Waals surface area (Å²) >= 11 is 0. The molecule has 2 N–H and O–H groups in total. The van der Waals surface area contributed by atoms with Crippen LogP contribution < -0.4 is 10.1 Å². The maximum absolute atomic E-state index is 12.2. The standard InChI is InChI=1S/C15H19NO5/c1-15(6-8-20-9-7-15)16-14(19)11-2-4-12(5-3-11)21-10-13(17)18/h2-5H,6-10H2,1H3,(H,16,19)(H,17,18). The van der Waals surface area contributed by atoms with Crippen LogP contribution in [0.2, 0.25) is 0 Å². The van der Waals surface area contributed by atoms with Gasteiger partial charge in [0.1, 0.15) is 5.75 Å². The molecule has 1 fully saturated rings. The van der Waals surface area contributed by atoms with E-state index in [9.17, 15) is 9.59 Å².